The van der Waals surface area contributed by atoms with Crippen molar-refractivity contribution in [1.29, 1.82) is 0 Å². The van der Waals surface area contributed by atoms with Gasteiger partial charge in [-0.1, -0.05) is 6.92 Å². The molecular formula is C16H30N8. The molecule has 0 bridgehead atoms. The van der Waals surface area contributed by atoms with E-state index in [0.29, 0.717) is 0 Å². The minimum atomic E-state index is 0.818. The van der Waals surface area contributed by atoms with E-state index < -0.39 is 0 Å². The Morgan fingerprint density at radius 2 is 1.62 bits per heavy atom. The maximum absolute atomic E-state index is 4.14. The fourth-order valence-electron chi connectivity index (χ4n) is 2.74. The van der Waals surface area contributed by atoms with E-state index in [0.717, 1.165) is 62.6 Å². The van der Waals surface area contributed by atoms with E-state index in [1.54, 1.807) is 0 Å². The number of aryl methyl sites for hydroxylation is 3. The fourth-order valence-corrected chi connectivity index (χ4v) is 2.74. The molecule has 0 spiro atoms. The Balaban J connectivity index is 0.000000174. The van der Waals surface area contributed by atoms with Crippen LogP contribution in [0.4, 0.5) is 0 Å². The van der Waals surface area contributed by atoms with Crippen molar-refractivity contribution in [3.8, 4) is 0 Å². The van der Waals surface area contributed by atoms with Gasteiger partial charge < -0.3 is 9.13 Å². The van der Waals surface area contributed by atoms with Gasteiger partial charge in [-0.2, -0.15) is 0 Å². The average molecular weight is 334 g/mol. The van der Waals surface area contributed by atoms with Crippen molar-refractivity contribution >= 4 is 0 Å². The van der Waals surface area contributed by atoms with Gasteiger partial charge in [0.25, 0.3) is 0 Å². The van der Waals surface area contributed by atoms with Crippen molar-refractivity contribution in [3.63, 3.8) is 0 Å². The van der Waals surface area contributed by atoms with Crippen molar-refractivity contribution in [1.82, 2.24) is 39.7 Å². The highest BCUT2D eigenvalue weighted by atomic mass is 15.3. The Bertz CT molecular complexity index is 611. The lowest BCUT2D eigenvalue weighted by atomic mass is 10.4. The van der Waals surface area contributed by atoms with E-state index in [-0.39, 0.29) is 0 Å². The monoisotopic (exact) mass is 334 g/mol. The summed E-state index contributed by atoms with van der Waals surface area (Å²) in [6.45, 7) is 13.1. The highest BCUT2D eigenvalue weighted by Crippen LogP contribution is 2.09. The van der Waals surface area contributed by atoms with Crippen molar-refractivity contribution < 1.29 is 0 Å². The van der Waals surface area contributed by atoms with Crippen LogP contribution < -0.4 is 5.32 Å². The number of rotatable bonds is 4. The first-order chi connectivity index (χ1) is 11.5. The molecule has 0 saturated heterocycles. The summed E-state index contributed by atoms with van der Waals surface area (Å²) in [6, 6.07) is 0. The number of aromatic nitrogens is 6. The van der Waals surface area contributed by atoms with Crippen molar-refractivity contribution in [2.24, 2.45) is 0 Å². The second-order valence-electron chi connectivity index (χ2n) is 6.29. The van der Waals surface area contributed by atoms with Gasteiger partial charge in [-0.15, -0.1) is 20.4 Å². The first-order valence-corrected chi connectivity index (χ1v) is 8.67. The third kappa shape index (κ3) is 4.85. The molecule has 0 fully saturated rings. The van der Waals surface area contributed by atoms with E-state index in [4.69, 9.17) is 0 Å². The summed E-state index contributed by atoms with van der Waals surface area (Å²) >= 11 is 0. The Morgan fingerprint density at radius 1 is 0.958 bits per heavy atom. The molecule has 0 aliphatic carbocycles. The number of fused-ring (bicyclic) bond motifs is 1. The highest BCUT2D eigenvalue weighted by Gasteiger charge is 2.14. The van der Waals surface area contributed by atoms with Crippen LogP contribution in [0.1, 0.15) is 43.1 Å². The summed E-state index contributed by atoms with van der Waals surface area (Å²) in [5.41, 5.74) is 0. The van der Waals surface area contributed by atoms with Crippen LogP contribution >= 0.6 is 0 Å². The lowest BCUT2D eigenvalue weighted by Crippen LogP contribution is -2.20. The molecule has 3 rings (SSSR count). The van der Waals surface area contributed by atoms with Crippen LogP contribution in [0, 0.1) is 20.8 Å². The largest absolute Gasteiger partial charge is 0.314 e. The van der Waals surface area contributed by atoms with Gasteiger partial charge in [0, 0.05) is 13.1 Å². The van der Waals surface area contributed by atoms with Gasteiger partial charge in [-0.05, 0) is 47.2 Å². The summed E-state index contributed by atoms with van der Waals surface area (Å²) in [4.78, 5) is 2.28. The standard InChI is InChI=1S/C8H14N4.C8H16N4/c1-7-9-10-8-6-11(2)4-3-5-12(7)8;1-4-5-9-6-12-7(2)10-11-8(12)3/h3-6H2,1-2H3;9H,4-6H2,1-3H3. The zero-order valence-electron chi connectivity index (χ0n) is 15.6. The molecule has 1 aliphatic heterocycles. The second kappa shape index (κ2) is 8.89. The smallest absolute Gasteiger partial charge is 0.147 e. The summed E-state index contributed by atoms with van der Waals surface area (Å²) in [7, 11) is 2.12. The molecule has 134 valence electrons. The molecule has 2 aromatic heterocycles. The Kier molecular flexibility index (Phi) is 6.86. The molecule has 0 aromatic carbocycles. The maximum Gasteiger partial charge on any atom is 0.147 e. The van der Waals surface area contributed by atoms with Crippen LogP contribution in [0.2, 0.25) is 0 Å². The zero-order valence-corrected chi connectivity index (χ0v) is 15.6. The maximum atomic E-state index is 4.14. The summed E-state index contributed by atoms with van der Waals surface area (Å²) in [5.74, 6) is 4.08. The minimum absolute atomic E-state index is 0.818. The Labute approximate surface area is 144 Å². The molecule has 0 radical (unpaired) electrons. The third-order valence-corrected chi connectivity index (χ3v) is 4.16. The molecule has 0 saturated carbocycles. The van der Waals surface area contributed by atoms with Crippen molar-refractivity contribution in [2.45, 2.75) is 60.3 Å². The van der Waals surface area contributed by atoms with E-state index in [9.17, 15) is 0 Å². The molecular weight excluding hydrogens is 304 g/mol. The Morgan fingerprint density at radius 3 is 2.29 bits per heavy atom. The van der Waals surface area contributed by atoms with Gasteiger partial charge in [0.15, 0.2) is 0 Å². The van der Waals surface area contributed by atoms with Crippen molar-refractivity contribution in [3.05, 3.63) is 23.3 Å². The molecule has 1 N–H and O–H groups in total. The lowest BCUT2D eigenvalue weighted by molar-refractivity contribution is 0.328. The van der Waals surface area contributed by atoms with E-state index in [2.05, 4.69) is 53.7 Å². The van der Waals surface area contributed by atoms with Crippen LogP contribution in [-0.2, 0) is 19.8 Å². The van der Waals surface area contributed by atoms with Crippen LogP contribution in [0.25, 0.3) is 0 Å². The van der Waals surface area contributed by atoms with Gasteiger partial charge in [0.05, 0.1) is 13.2 Å². The van der Waals surface area contributed by atoms with Gasteiger partial charge >= 0.3 is 0 Å². The molecule has 0 atom stereocenters. The number of hydrogen-bond donors (Lipinski definition) is 1. The van der Waals surface area contributed by atoms with Crippen molar-refractivity contribution in [2.75, 3.05) is 20.1 Å². The normalized spacial score (nSPS) is 14.7. The zero-order chi connectivity index (χ0) is 17.5. The third-order valence-electron chi connectivity index (χ3n) is 4.16. The molecule has 0 unspecified atom stereocenters. The molecule has 8 nitrogen and oxygen atoms in total. The first-order valence-electron chi connectivity index (χ1n) is 8.67. The number of nitrogens with one attached hydrogen (secondary N) is 1. The van der Waals surface area contributed by atoms with Crippen LogP contribution in [0.3, 0.4) is 0 Å². The topological polar surface area (TPSA) is 76.7 Å². The Hall–Kier alpha value is -1.80. The molecule has 0 amide bonds. The van der Waals surface area contributed by atoms with Gasteiger partial charge in [-0.3, -0.25) is 10.2 Å². The van der Waals surface area contributed by atoms with Gasteiger partial charge in [-0.25, -0.2) is 0 Å². The highest BCUT2D eigenvalue weighted by molar-refractivity contribution is 4.95. The van der Waals surface area contributed by atoms with Gasteiger partial charge in [0.2, 0.25) is 0 Å². The minimum Gasteiger partial charge on any atom is -0.314 e. The van der Waals surface area contributed by atoms with Crippen LogP contribution in [-0.4, -0.2) is 54.6 Å². The lowest BCUT2D eigenvalue weighted by Gasteiger charge is -2.09. The number of nitrogens with zero attached hydrogens (tertiary/aromatic N) is 7. The number of hydrogen-bond acceptors (Lipinski definition) is 6. The van der Waals surface area contributed by atoms with E-state index in [1.165, 1.54) is 6.42 Å². The summed E-state index contributed by atoms with van der Waals surface area (Å²) in [5, 5.41) is 19.4. The summed E-state index contributed by atoms with van der Waals surface area (Å²) in [6.07, 6.45) is 2.35. The van der Waals surface area contributed by atoms with E-state index in [1.807, 2.05) is 20.8 Å². The fraction of sp³-hybridized carbons (Fsp3) is 0.750. The summed E-state index contributed by atoms with van der Waals surface area (Å²) < 4.78 is 4.28. The second-order valence-corrected chi connectivity index (χ2v) is 6.29. The molecule has 1 aliphatic rings. The molecule has 24 heavy (non-hydrogen) atoms. The molecule has 3 heterocycles. The first kappa shape index (κ1) is 18.5. The van der Waals surface area contributed by atoms with Crippen LogP contribution in [0.15, 0.2) is 0 Å². The van der Waals surface area contributed by atoms with Gasteiger partial charge in [0.1, 0.15) is 23.3 Å². The van der Waals surface area contributed by atoms with E-state index >= 15 is 0 Å². The van der Waals surface area contributed by atoms with Crippen LogP contribution in [0.5, 0.6) is 0 Å². The SMILES string of the molecule is CCCNCn1c(C)nnc1C.Cc1nnc2n1CCCN(C)C2. The predicted molar refractivity (Wildman–Crippen MR) is 93.5 cm³/mol. The molecule has 8 heteroatoms. The molecule has 2 aromatic rings. The average Bonchev–Trinajstić information content (AvgIpc) is 2.98. The predicted octanol–water partition coefficient (Wildman–Crippen LogP) is 1.27. The quantitative estimate of drug-likeness (QED) is 0.849.